The molecule has 456 valence electrons. The summed E-state index contributed by atoms with van der Waals surface area (Å²) in [6, 6.07) is 0. The molecule has 0 fully saturated rings. The number of ether oxygens (including phenoxy) is 2. The maximum atomic E-state index is 12.8. The van der Waals surface area contributed by atoms with Gasteiger partial charge in [0.1, 0.15) is 19.8 Å². The Hall–Kier alpha value is -1.51. The van der Waals surface area contributed by atoms with Crippen LogP contribution >= 0.6 is 7.82 Å². The van der Waals surface area contributed by atoms with Crippen LogP contribution in [0.2, 0.25) is 0 Å². The number of hydrogen-bond donors (Lipinski definition) is 0. The molecule has 0 radical (unpaired) electrons. The lowest BCUT2D eigenvalue weighted by molar-refractivity contribution is -0.870. The van der Waals surface area contributed by atoms with Gasteiger partial charge in [-0.05, 0) is 44.9 Å². The van der Waals surface area contributed by atoms with Crippen molar-refractivity contribution < 1.29 is 42.1 Å². The van der Waals surface area contributed by atoms with Crippen LogP contribution in [0.4, 0.5) is 0 Å². The highest BCUT2D eigenvalue weighted by Gasteiger charge is 2.22. The standard InChI is InChI=1S/C67H130NO8P/c1-6-8-10-12-14-16-18-20-22-24-26-28-30-31-32-33-34-35-36-38-39-41-43-45-47-49-51-53-55-57-59-66(69)73-63-65(64-75-77(71,72)74-62-61-68(3,4)5)76-67(70)60-58-56-54-52-50-48-46-44-42-40-37-29-27-25-23-21-19-17-15-13-11-9-7-2/h19,21,25,27,65H,6-18,20,22-24,26,28-64H2,1-5H3/b21-19-,27-25-. The summed E-state index contributed by atoms with van der Waals surface area (Å²) < 4.78 is 34.3. The summed E-state index contributed by atoms with van der Waals surface area (Å²) in [6.07, 6.45) is 72.5. The van der Waals surface area contributed by atoms with Gasteiger partial charge in [0, 0.05) is 12.8 Å². The fourth-order valence-electron chi connectivity index (χ4n) is 10.0. The molecule has 9 nitrogen and oxygen atoms in total. The Balaban J connectivity index is 4.01. The third-order valence-corrected chi connectivity index (χ3v) is 16.2. The Morgan fingerprint density at radius 2 is 0.701 bits per heavy atom. The van der Waals surface area contributed by atoms with Crippen molar-refractivity contribution in [3.8, 4) is 0 Å². The zero-order valence-electron chi connectivity index (χ0n) is 51.9. The van der Waals surface area contributed by atoms with Crippen LogP contribution < -0.4 is 4.89 Å². The van der Waals surface area contributed by atoms with E-state index in [-0.39, 0.29) is 32.0 Å². The Morgan fingerprint density at radius 1 is 0.403 bits per heavy atom. The van der Waals surface area contributed by atoms with E-state index < -0.39 is 26.5 Å². The smallest absolute Gasteiger partial charge is 0.306 e. The first kappa shape index (κ1) is 75.5. The second-order valence-corrected chi connectivity index (χ2v) is 25.6. The number of carbonyl (C=O) groups excluding carboxylic acids is 2. The van der Waals surface area contributed by atoms with E-state index in [1.165, 1.54) is 263 Å². The van der Waals surface area contributed by atoms with E-state index in [1.54, 1.807) is 0 Å². The van der Waals surface area contributed by atoms with Crippen molar-refractivity contribution in [1.29, 1.82) is 0 Å². The summed E-state index contributed by atoms with van der Waals surface area (Å²) in [5.74, 6) is -0.816. The number of esters is 2. The second-order valence-electron chi connectivity index (χ2n) is 24.2. The minimum Gasteiger partial charge on any atom is -0.756 e. The predicted molar refractivity (Wildman–Crippen MR) is 328 cm³/mol. The first-order valence-electron chi connectivity index (χ1n) is 33.5. The molecule has 77 heavy (non-hydrogen) atoms. The van der Waals surface area contributed by atoms with Crippen molar-refractivity contribution in [3.63, 3.8) is 0 Å². The number of allylic oxidation sites excluding steroid dienone is 4. The summed E-state index contributed by atoms with van der Waals surface area (Å²) in [5, 5.41) is 0. The van der Waals surface area contributed by atoms with Gasteiger partial charge in [-0.1, -0.05) is 308 Å². The predicted octanol–water partition coefficient (Wildman–Crippen LogP) is 20.7. The fourth-order valence-corrected chi connectivity index (χ4v) is 10.8. The molecule has 0 saturated carbocycles. The van der Waals surface area contributed by atoms with Crippen LogP contribution in [0.25, 0.3) is 0 Å². The lowest BCUT2D eigenvalue weighted by Gasteiger charge is -2.28. The van der Waals surface area contributed by atoms with E-state index in [9.17, 15) is 19.0 Å². The zero-order chi connectivity index (χ0) is 56.3. The van der Waals surface area contributed by atoms with E-state index in [1.807, 2.05) is 21.1 Å². The largest absolute Gasteiger partial charge is 0.756 e. The van der Waals surface area contributed by atoms with Gasteiger partial charge in [0.05, 0.1) is 27.7 Å². The maximum Gasteiger partial charge on any atom is 0.306 e. The lowest BCUT2D eigenvalue weighted by atomic mass is 10.0. The van der Waals surface area contributed by atoms with Gasteiger partial charge >= 0.3 is 11.9 Å². The van der Waals surface area contributed by atoms with E-state index in [4.69, 9.17) is 18.5 Å². The molecule has 0 rings (SSSR count). The molecule has 10 heteroatoms. The minimum absolute atomic E-state index is 0.0284. The molecule has 0 amide bonds. The Bertz CT molecular complexity index is 1350. The Morgan fingerprint density at radius 3 is 1.03 bits per heavy atom. The molecule has 0 aromatic rings. The van der Waals surface area contributed by atoms with Crippen LogP contribution in [0.15, 0.2) is 24.3 Å². The number of hydrogen-bond acceptors (Lipinski definition) is 8. The van der Waals surface area contributed by atoms with Gasteiger partial charge in [0.15, 0.2) is 6.10 Å². The Labute approximate surface area is 479 Å². The van der Waals surface area contributed by atoms with Crippen LogP contribution in [0.3, 0.4) is 0 Å². The van der Waals surface area contributed by atoms with Crippen LogP contribution in [0.5, 0.6) is 0 Å². The van der Waals surface area contributed by atoms with Crippen molar-refractivity contribution in [2.24, 2.45) is 0 Å². The molecular formula is C67H130NO8P. The molecule has 0 heterocycles. The third kappa shape index (κ3) is 63.5. The SMILES string of the molecule is CCCCCCC/C=C\C/C=C\CCCCCCCCCCCCCC(=O)OC(COC(=O)CCCCCCCCCCCCCCCCCCCCCCCCCCCCCCCC)COP(=O)([O-])OCC[N+](C)(C)C. The number of nitrogens with zero attached hydrogens (tertiary/aromatic N) is 1. The Kier molecular flexibility index (Phi) is 58.0. The fraction of sp³-hybridized carbons (Fsp3) is 0.910. The van der Waals surface area contributed by atoms with Crippen molar-refractivity contribution in [1.82, 2.24) is 0 Å². The van der Waals surface area contributed by atoms with Gasteiger partial charge in [-0.3, -0.25) is 14.2 Å². The first-order chi connectivity index (χ1) is 37.5. The number of quaternary nitrogens is 1. The molecule has 0 aliphatic rings. The number of phosphoric ester groups is 1. The quantitative estimate of drug-likeness (QED) is 0.0195. The van der Waals surface area contributed by atoms with Crippen LogP contribution in [-0.4, -0.2) is 70.0 Å². The molecule has 0 aliphatic heterocycles. The molecule has 2 atom stereocenters. The van der Waals surface area contributed by atoms with Gasteiger partial charge in [0.2, 0.25) is 0 Å². The lowest BCUT2D eigenvalue weighted by Crippen LogP contribution is -2.37. The van der Waals surface area contributed by atoms with E-state index in [0.717, 1.165) is 44.9 Å². The molecule has 0 aromatic heterocycles. The number of unbranched alkanes of at least 4 members (excludes halogenated alkanes) is 45. The van der Waals surface area contributed by atoms with Crippen molar-refractivity contribution in [2.45, 2.75) is 347 Å². The highest BCUT2D eigenvalue weighted by Crippen LogP contribution is 2.38. The average Bonchev–Trinajstić information content (AvgIpc) is 3.39. The average molecular weight is 1110 g/mol. The zero-order valence-corrected chi connectivity index (χ0v) is 52.8. The second kappa shape index (κ2) is 59.1. The molecule has 0 saturated heterocycles. The summed E-state index contributed by atoms with van der Waals surface area (Å²) in [7, 11) is 1.18. The minimum atomic E-state index is -4.64. The topological polar surface area (TPSA) is 111 Å². The van der Waals surface area contributed by atoms with E-state index >= 15 is 0 Å². The molecule has 0 spiro atoms. The number of carbonyl (C=O) groups is 2. The molecular weight excluding hydrogens is 978 g/mol. The van der Waals surface area contributed by atoms with Gasteiger partial charge in [-0.2, -0.15) is 0 Å². The summed E-state index contributed by atoms with van der Waals surface area (Å²) in [5.41, 5.74) is 0. The third-order valence-electron chi connectivity index (χ3n) is 15.2. The van der Waals surface area contributed by atoms with Crippen LogP contribution in [0, 0.1) is 0 Å². The van der Waals surface area contributed by atoms with Gasteiger partial charge in [-0.25, -0.2) is 0 Å². The molecule has 0 N–H and O–H groups in total. The van der Waals surface area contributed by atoms with Gasteiger partial charge in [-0.15, -0.1) is 0 Å². The summed E-state index contributed by atoms with van der Waals surface area (Å²) in [4.78, 5) is 38.0. The van der Waals surface area contributed by atoms with E-state index in [0.29, 0.717) is 17.4 Å². The highest BCUT2D eigenvalue weighted by atomic mass is 31.2. The summed E-state index contributed by atoms with van der Waals surface area (Å²) >= 11 is 0. The number of phosphoric acid groups is 1. The summed E-state index contributed by atoms with van der Waals surface area (Å²) in [6.45, 7) is 4.30. The van der Waals surface area contributed by atoms with E-state index in [2.05, 4.69) is 38.2 Å². The van der Waals surface area contributed by atoms with Crippen LogP contribution in [0.1, 0.15) is 341 Å². The monoisotopic (exact) mass is 1110 g/mol. The first-order valence-corrected chi connectivity index (χ1v) is 35.0. The van der Waals surface area contributed by atoms with Crippen molar-refractivity contribution >= 4 is 19.8 Å². The normalized spacial score (nSPS) is 13.3. The molecule has 2 unspecified atom stereocenters. The van der Waals surface area contributed by atoms with Gasteiger partial charge in [0.25, 0.3) is 7.82 Å². The maximum absolute atomic E-state index is 12.8. The number of rotatable bonds is 63. The van der Waals surface area contributed by atoms with Crippen molar-refractivity contribution in [3.05, 3.63) is 24.3 Å². The number of likely N-dealkylation sites (N-methyl/N-ethyl adjacent to an activating group) is 1. The van der Waals surface area contributed by atoms with Gasteiger partial charge < -0.3 is 27.9 Å². The molecule has 0 aliphatic carbocycles. The van der Waals surface area contributed by atoms with Crippen molar-refractivity contribution in [2.75, 3.05) is 47.5 Å². The molecule has 0 aromatic carbocycles. The highest BCUT2D eigenvalue weighted by molar-refractivity contribution is 7.45. The van der Waals surface area contributed by atoms with Crippen LogP contribution in [-0.2, 0) is 32.7 Å². The molecule has 0 bridgehead atoms.